The van der Waals surface area contributed by atoms with E-state index in [2.05, 4.69) is 15.9 Å². The predicted molar refractivity (Wildman–Crippen MR) is 67.6 cm³/mol. The Kier molecular flexibility index (Phi) is 4.53. The Morgan fingerprint density at radius 2 is 2.16 bits per heavy atom. The molecule has 6 heteroatoms. The molecule has 1 aromatic carbocycles. The second kappa shape index (κ2) is 5.81. The van der Waals surface area contributed by atoms with Gasteiger partial charge in [-0.15, -0.1) is 0 Å². The minimum Gasteiger partial charge on any atom is -0.353 e. The van der Waals surface area contributed by atoms with E-state index in [0.717, 1.165) is 25.0 Å². The molecule has 1 aliphatic heterocycles. The maximum Gasteiger partial charge on any atom is 0.416 e. The van der Waals surface area contributed by atoms with Crippen molar-refractivity contribution in [2.75, 3.05) is 6.61 Å². The molecule has 106 valence electrons. The van der Waals surface area contributed by atoms with Crippen LogP contribution in [0, 0.1) is 0 Å². The average Bonchev–Trinajstić information content (AvgIpc) is 2.80. The van der Waals surface area contributed by atoms with Gasteiger partial charge in [0.2, 0.25) is 0 Å². The highest BCUT2D eigenvalue weighted by molar-refractivity contribution is 9.10. The molecule has 1 heterocycles. The van der Waals surface area contributed by atoms with Crippen LogP contribution in [0.15, 0.2) is 22.7 Å². The molecule has 1 fully saturated rings. The van der Waals surface area contributed by atoms with Crippen LogP contribution in [0.4, 0.5) is 13.2 Å². The van der Waals surface area contributed by atoms with Gasteiger partial charge in [-0.2, -0.15) is 13.2 Å². The Balaban J connectivity index is 2.17. The van der Waals surface area contributed by atoms with Crippen LogP contribution in [0.2, 0.25) is 0 Å². The molecule has 0 spiro atoms. The number of benzene rings is 1. The Bertz CT molecular complexity index is 442. The van der Waals surface area contributed by atoms with E-state index in [1.807, 2.05) is 0 Å². The lowest BCUT2D eigenvalue weighted by atomic mass is 10.1. The summed E-state index contributed by atoms with van der Waals surface area (Å²) in [5, 5.41) is 0. The molecule has 1 aliphatic rings. The molecule has 1 saturated heterocycles. The van der Waals surface area contributed by atoms with Crippen molar-refractivity contribution in [1.82, 2.24) is 0 Å². The van der Waals surface area contributed by atoms with Crippen molar-refractivity contribution in [3.05, 3.63) is 33.8 Å². The minimum atomic E-state index is -4.35. The third-order valence-electron chi connectivity index (χ3n) is 3.01. The minimum absolute atomic E-state index is 0.323. The van der Waals surface area contributed by atoms with Gasteiger partial charge in [-0.3, -0.25) is 0 Å². The van der Waals surface area contributed by atoms with Gasteiger partial charge < -0.3 is 9.47 Å². The fourth-order valence-electron chi connectivity index (χ4n) is 1.99. The highest BCUT2D eigenvalue weighted by Crippen LogP contribution is 2.35. The first-order valence-corrected chi connectivity index (χ1v) is 6.81. The lowest BCUT2D eigenvalue weighted by Crippen LogP contribution is -2.15. The quantitative estimate of drug-likeness (QED) is 0.796. The number of alkyl halides is 3. The summed E-state index contributed by atoms with van der Waals surface area (Å²) in [6.45, 7) is 2.36. The second-order valence-corrected chi connectivity index (χ2v) is 5.31. The van der Waals surface area contributed by atoms with Crippen molar-refractivity contribution in [1.29, 1.82) is 0 Å². The van der Waals surface area contributed by atoms with Crippen molar-refractivity contribution in [3.8, 4) is 0 Å². The fourth-order valence-corrected chi connectivity index (χ4v) is 2.56. The Morgan fingerprint density at radius 1 is 1.42 bits per heavy atom. The lowest BCUT2D eigenvalue weighted by Gasteiger charge is -2.20. The highest BCUT2D eigenvalue weighted by atomic mass is 79.9. The smallest absolute Gasteiger partial charge is 0.353 e. The van der Waals surface area contributed by atoms with Crippen LogP contribution in [-0.4, -0.2) is 12.9 Å². The normalized spacial score (nSPS) is 21.6. The van der Waals surface area contributed by atoms with Crippen LogP contribution in [0.1, 0.15) is 37.0 Å². The molecule has 0 saturated carbocycles. The molecule has 0 unspecified atom stereocenters. The Hall–Kier alpha value is -0.590. The zero-order chi connectivity index (χ0) is 14.0. The molecule has 1 aromatic rings. The summed E-state index contributed by atoms with van der Waals surface area (Å²) >= 11 is 3.26. The van der Waals surface area contributed by atoms with E-state index in [9.17, 15) is 13.2 Å². The van der Waals surface area contributed by atoms with E-state index in [1.54, 1.807) is 6.92 Å². The van der Waals surface area contributed by atoms with Crippen LogP contribution in [-0.2, 0) is 15.7 Å². The standard InChI is InChI=1S/C13H14BrF3O2/c1-8(19-12-3-2-6-18-12)10-7-9(13(15,16)17)4-5-11(10)14/h4-5,7-8,12H,2-3,6H2,1H3/t8-,12+/m1/s1. The molecular formula is C13H14BrF3O2. The molecule has 0 aromatic heterocycles. The summed E-state index contributed by atoms with van der Waals surface area (Å²) < 4.78 is 49.6. The molecule has 2 rings (SSSR count). The molecule has 0 radical (unpaired) electrons. The van der Waals surface area contributed by atoms with Gasteiger partial charge in [-0.25, -0.2) is 0 Å². The zero-order valence-electron chi connectivity index (χ0n) is 10.3. The van der Waals surface area contributed by atoms with E-state index in [0.29, 0.717) is 16.6 Å². The van der Waals surface area contributed by atoms with Gasteiger partial charge in [0, 0.05) is 17.5 Å². The van der Waals surface area contributed by atoms with Crippen LogP contribution in [0.5, 0.6) is 0 Å². The van der Waals surface area contributed by atoms with Gasteiger partial charge in [0.15, 0.2) is 6.29 Å². The maximum atomic E-state index is 12.7. The van der Waals surface area contributed by atoms with Crippen LogP contribution < -0.4 is 0 Å². The molecule has 0 aliphatic carbocycles. The van der Waals surface area contributed by atoms with E-state index in [1.165, 1.54) is 6.07 Å². The first kappa shape index (κ1) is 14.8. The first-order chi connectivity index (χ1) is 8.88. The number of rotatable bonds is 3. The third-order valence-corrected chi connectivity index (χ3v) is 3.73. The Labute approximate surface area is 118 Å². The van der Waals surface area contributed by atoms with E-state index in [4.69, 9.17) is 9.47 Å². The largest absolute Gasteiger partial charge is 0.416 e. The van der Waals surface area contributed by atoms with Gasteiger partial charge in [-0.1, -0.05) is 15.9 Å². The van der Waals surface area contributed by atoms with E-state index >= 15 is 0 Å². The van der Waals surface area contributed by atoms with Gasteiger partial charge in [-0.05, 0) is 37.1 Å². The summed E-state index contributed by atoms with van der Waals surface area (Å²) in [4.78, 5) is 0. The maximum absolute atomic E-state index is 12.7. The van der Waals surface area contributed by atoms with Crippen molar-refractivity contribution in [2.45, 2.75) is 38.3 Å². The van der Waals surface area contributed by atoms with Crippen molar-refractivity contribution in [3.63, 3.8) is 0 Å². The topological polar surface area (TPSA) is 18.5 Å². The molecular weight excluding hydrogens is 325 g/mol. The fraction of sp³-hybridized carbons (Fsp3) is 0.538. The lowest BCUT2D eigenvalue weighted by molar-refractivity contribution is -0.142. The van der Waals surface area contributed by atoms with Crippen LogP contribution in [0.3, 0.4) is 0 Å². The van der Waals surface area contributed by atoms with Crippen molar-refractivity contribution < 1.29 is 22.6 Å². The molecule has 19 heavy (non-hydrogen) atoms. The van der Waals surface area contributed by atoms with Gasteiger partial charge in [0.1, 0.15) is 0 Å². The van der Waals surface area contributed by atoms with Gasteiger partial charge >= 0.3 is 6.18 Å². The van der Waals surface area contributed by atoms with E-state index < -0.39 is 17.8 Å². The summed E-state index contributed by atoms with van der Waals surface area (Å²) in [6.07, 6.45) is -3.43. The summed E-state index contributed by atoms with van der Waals surface area (Å²) in [5.74, 6) is 0. The van der Waals surface area contributed by atoms with Crippen molar-refractivity contribution in [2.24, 2.45) is 0 Å². The number of halogens is 4. The van der Waals surface area contributed by atoms with Crippen LogP contribution >= 0.6 is 15.9 Å². The monoisotopic (exact) mass is 338 g/mol. The number of ether oxygens (including phenoxy) is 2. The molecule has 2 atom stereocenters. The number of hydrogen-bond acceptors (Lipinski definition) is 2. The second-order valence-electron chi connectivity index (χ2n) is 4.45. The van der Waals surface area contributed by atoms with Gasteiger partial charge in [0.25, 0.3) is 0 Å². The highest BCUT2D eigenvalue weighted by Gasteiger charge is 2.31. The zero-order valence-corrected chi connectivity index (χ0v) is 11.9. The average molecular weight is 339 g/mol. The SMILES string of the molecule is C[C@@H](O[C@H]1CCCO1)c1cc(C(F)(F)F)ccc1Br. The van der Waals surface area contributed by atoms with E-state index in [-0.39, 0.29) is 6.29 Å². The predicted octanol–water partition coefficient (Wildman–Crippen LogP) is 4.68. The third kappa shape index (κ3) is 3.70. The Morgan fingerprint density at radius 3 is 2.74 bits per heavy atom. The van der Waals surface area contributed by atoms with Crippen molar-refractivity contribution >= 4 is 15.9 Å². The summed E-state index contributed by atoms with van der Waals surface area (Å²) in [6, 6.07) is 3.56. The summed E-state index contributed by atoms with van der Waals surface area (Å²) in [5.41, 5.74) is -0.196. The molecule has 0 amide bonds. The summed E-state index contributed by atoms with van der Waals surface area (Å²) in [7, 11) is 0. The number of hydrogen-bond donors (Lipinski definition) is 0. The molecule has 0 bridgehead atoms. The van der Waals surface area contributed by atoms with Crippen LogP contribution in [0.25, 0.3) is 0 Å². The molecule has 0 N–H and O–H groups in total. The van der Waals surface area contributed by atoms with Gasteiger partial charge in [0.05, 0.1) is 11.7 Å². The molecule has 2 nitrogen and oxygen atoms in total. The first-order valence-electron chi connectivity index (χ1n) is 6.01.